The molecule has 1 aromatic heterocycles. The van der Waals surface area contributed by atoms with Crippen LogP contribution in [-0.4, -0.2) is 11.8 Å². The second-order valence-electron chi connectivity index (χ2n) is 5.17. The summed E-state index contributed by atoms with van der Waals surface area (Å²) in [5.74, 6) is -0.845. The highest BCUT2D eigenvalue weighted by molar-refractivity contribution is 7.13. The second kappa shape index (κ2) is 7.22. The first-order valence-electron chi connectivity index (χ1n) is 7.26. The molecule has 2 amide bonds. The van der Waals surface area contributed by atoms with Crippen LogP contribution in [0.2, 0.25) is 0 Å². The third-order valence-electron chi connectivity index (χ3n) is 3.54. The Hall–Kier alpha value is -2.14. The van der Waals surface area contributed by atoms with Crippen molar-refractivity contribution in [2.45, 2.75) is 33.1 Å². The first-order chi connectivity index (χ1) is 10.5. The van der Waals surface area contributed by atoms with Gasteiger partial charge in [0.1, 0.15) is 0 Å². The van der Waals surface area contributed by atoms with E-state index < -0.39 is 0 Å². The molecule has 2 aromatic rings. The summed E-state index contributed by atoms with van der Waals surface area (Å²) in [5.41, 5.74) is 7.10. The Morgan fingerprint density at radius 1 is 1.09 bits per heavy atom. The molecule has 0 fully saturated rings. The van der Waals surface area contributed by atoms with E-state index in [-0.39, 0.29) is 17.7 Å². The average Bonchev–Trinajstić information content (AvgIpc) is 2.98. The maximum Gasteiger partial charge on any atom is 0.279 e. The van der Waals surface area contributed by atoms with Crippen LogP contribution in [0.1, 0.15) is 45.4 Å². The number of carbonyl (C=O) groups is 2. The monoisotopic (exact) mass is 316 g/mol. The molecule has 0 aliphatic carbocycles. The molecule has 1 aromatic carbocycles. The van der Waals surface area contributed by atoms with E-state index in [4.69, 9.17) is 0 Å². The van der Waals surface area contributed by atoms with E-state index >= 15 is 0 Å². The van der Waals surface area contributed by atoms with Gasteiger partial charge < -0.3 is 0 Å². The highest BCUT2D eigenvalue weighted by Crippen LogP contribution is 2.17. The van der Waals surface area contributed by atoms with Gasteiger partial charge in [0.25, 0.3) is 5.91 Å². The van der Waals surface area contributed by atoms with Crippen LogP contribution in [0.15, 0.2) is 36.4 Å². The predicted octanol–water partition coefficient (Wildman–Crippen LogP) is 3.18. The van der Waals surface area contributed by atoms with E-state index in [9.17, 15) is 9.59 Å². The van der Waals surface area contributed by atoms with Crippen LogP contribution >= 0.6 is 11.3 Å². The highest BCUT2D eigenvalue weighted by Gasteiger charge is 2.16. The Morgan fingerprint density at radius 2 is 1.77 bits per heavy atom. The number of nitrogens with one attached hydrogen (secondary N) is 2. The molecule has 0 aliphatic heterocycles. The fourth-order valence-corrected chi connectivity index (χ4v) is 2.80. The van der Waals surface area contributed by atoms with Crippen LogP contribution in [0.25, 0.3) is 0 Å². The predicted molar refractivity (Wildman–Crippen MR) is 88.9 cm³/mol. The molecule has 1 atom stereocenters. The largest absolute Gasteiger partial charge is 0.279 e. The van der Waals surface area contributed by atoms with E-state index in [0.29, 0.717) is 4.88 Å². The molecular formula is C17H20N2O2S. The van der Waals surface area contributed by atoms with E-state index in [0.717, 1.165) is 16.9 Å². The molecule has 116 valence electrons. The summed E-state index contributed by atoms with van der Waals surface area (Å²) in [5, 5.41) is 0. The maximum atomic E-state index is 12.1. The minimum absolute atomic E-state index is 0.231. The first kappa shape index (κ1) is 16.2. The second-order valence-corrected chi connectivity index (χ2v) is 6.46. The smallest absolute Gasteiger partial charge is 0.273 e. The summed E-state index contributed by atoms with van der Waals surface area (Å²) in [6, 6.07) is 11.6. The number of hydrogen-bond donors (Lipinski definition) is 2. The van der Waals surface area contributed by atoms with Crippen molar-refractivity contribution in [2.75, 3.05) is 0 Å². The fraction of sp³-hybridized carbons (Fsp3) is 0.294. The standard InChI is InChI=1S/C17H20N2O2S/c1-4-13-6-8-14(9-7-13)12(3)16(20)18-19-17(21)15-10-5-11(2)22-15/h5-10,12H,4H2,1-3H3,(H,18,20)(H,19,21). The molecular weight excluding hydrogens is 296 g/mol. The van der Waals surface area contributed by atoms with Crippen LogP contribution in [0.3, 0.4) is 0 Å². The molecule has 0 radical (unpaired) electrons. The number of rotatable bonds is 4. The van der Waals surface area contributed by atoms with Gasteiger partial charge in [0.05, 0.1) is 10.8 Å². The fourth-order valence-electron chi connectivity index (χ4n) is 2.04. The van der Waals surface area contributed by atoms with Crippen LogP contribution in [0.5, 0.6) is 0 Å². The molecule has 0 saturated heterocycles. The van der Waals surface area contributed by atoms with E-state index in [1.807, 2.05) is 44.2 Å². The van der Waals surface area contributed by atoms with Gasteiger partial charge >= 0.3 is 0 Å². The lowest BCUT2D eigenvalue weighted by Crippen LogP contribution is -2.43. The summed E-state index contributed by atoms with van der Waals surface area (Å²) in [7, 11) is 0. The molecule has 22 heavy (non-hydrogen) atoms. The van der Waals surface area contributed by atoms with E-state index in [1.165, 1.54) is 16.9 Å². The third kappa shape index (κ3) is 3.95. The Labute approximate surface area is 134 Å². The van der Waals surface area contributed by atoms with Gasteiger partial charge in [-0.05, 0) is 43.5 Å². The first-order valence-corrected chi connectivity index (χ1v) is 8.08. The summed E-state index contributed by atoms with van der Waals surface area (Å²) >= 11 is 1.39. The molecule has 2 rings (SSSR count). The molecule has 0 bridgehead atoms. The quantitative estimate of drug-likeness (QED) is 0.851. The molecule has 2 N–H and O–H groups in total. The summed E-state index contributed by atoms with van der Waals surface area (Å²) in [4.78, 5) is 25.6. The van der Waals surface area contributed by atoms with Crippen molar-refractivity contribution in [1.29, 1.82) is 0 Å². The molecule has 0 saturated carbocycles. The minimum Gasteiger partial charge on any atom is -0.273 e. The zero-order valence-corrected chi connectivity index (χ0v) is 13.8. The van der Waals surface area contributed by atoms with Crippen molar-refractivity contribution in [1.82, 2.24) is 10.9 Å². The van der Waals surface area contributed by atoms with Crippen molar-refractivity contribution in [3.63, 3.8) is 0 Å². The number of benzene rings is 1. The molecule has 5 heteroatoms. The number of carbonyl (C=O) groups excluding carboxylic acids is 2. The normalized spacial score (nSPS) is 11.8. The Balaban J connectivity index is 1.92. The topological polar surface area (TPSA) is 58.2 Å². The van der Waals surface area contributed by atoms with Crippen molar-refractivity contribution in [3.8, 4) is 0 Å². The van der Waals surface area contributed by atoms with Gasteiger partial charge in [0, 0.05) is 4.88 Å². The van der Waals surface area contributed by atoms with Gasteiger partial charge in [-0.25, -0.2) is 0 Å². The van der Waals surface area contributed by atoms with Gasteiger partial charge in [0.2, 0.25) is 5.91 Å². The van der Waals surface area contributed by atoms with Crippen molar-refractivity contribution in [3.05, 3.63) is 57.3 Å². The van der Waals surface area contributed by atoms with E-state index in [1.54, 1.807) is 6.07 Å². The van der Waals surface area contributed by atoms with Gasteiger partial charge in [-0.2, -0.15) is 0 Å². The third-order valence-corrected chi connectivity index (χ3v) is 4.54. The van der Waals surface area contributed by atoms with Crippen molar-refractivity contribution < 1.29 is 9.59 Å². The molecule has 4 nitrogen and oxygen atoms in total. The van der Waals surface area contributed by atoms with Crippen LogP contribution < -0.4 is 10.9 Å². The van der Waals surface area contributed by atoms with Gasteiger partial charge in [-0.1, -0.05) is 31.2 Å². The molecule has 0 aliphatic rings. The van der Waals surface area contributed by atoms with Gasteiger partial charge in [-0.3, -0.25) is 20.4 Å². The van der Waals surface area contributed by atoms with E-state index in [2.05, 4.69) is 17.8 Å². The summed E-state index contributed by atoms with van der Waals surface area (Å²) in [6.07, 6.45) is 0.969. The van der Waals surface area contributed by atoms with Crippen LogP contribution in [0, 0.1) is 6.92 Å². The van der Waals surface area contributed by atoms with Crippen molar-refractivity contribution >= 4 is 23.2 Å². The Bertz CT molecular complexity index is 662. The number of thiophene rings is 1. The number of amides is 2. The number of hydrogen-bond acceptors (Lipinski definition) is 3. The summed E-state index contributed by atoms with van der Waals surface area (Å²) < 4.78 is 0. The van der Waals surface area contributed by atoms with Crippen LogP contribution in [-0.2, 0) is 11.2 Å². The zero-order chi connectivity index (χ0) is 16.1. The van der Waals surface area contributed by atoms with Gasteiger partial charge in [-0.15, -0.1) is 11.3 Å². The Morgan fingerprint density at radius 3 is 2.32 bits per heavy atom. The SMILES string of the molecule is CCc1ccc(C(C)C(=O)NNC(=O)c2ccc(C)s2)cc1. The number of hydrazine groups is 1. The summed E-state index contributed by atoms with van der Waals surface area (Å²) in [6.45, 7) is 5.84. The minimum atomic E-state index is -0.323. The van der Waals surface area contributed by atoms with Crippen molar-refractivity contribution in [2.24, 2.45) is 0 Å². The number of aryl methyl sites for hydroxylation is 2. The highest BCUT2D eigenvalue weighted by atomic mass is 32.1. The van der Waals surface area contributed by atoms with Crippen LogP contribution in [0.4, 0.5) is 0 Å². The Kier molecular flexibility index (Phi) is 5.33. The zero-order valence-electron chi connectivity index (χ0n) is 13.0. The molecule has 1 unspecified atom stereocenters. The molecule has 1 heterocycles. The molecule has 0 spiro atoms. The maximum absolute atomic E-state index is 12.1. The lowest BCUT2D eigenvalue weighted by Gasteiger charge is -2.13. The average molecular weight is 316 g/mol. The lowest BCUT2D eigenvalue weighted by atomic mass is 9.99. The lowest BCUT2D eigenvalue weighted by molar-refractivity contribution is -0.123. The van der Waals surface area contributed by atoms with Gasteiger partial charge in [0.15, 0.2) is 0 Å².